The number of carbonyl (C=O) groups is 1. The van der Waals surface area contributed by atoms with E-state index in [0.29, 0.717) is 11.5 Å². The molecule has 3 heteroatoms. The molecule has 102 valence electrons. The van der Waals surface area contributed by atoms with Gasteiger partial charge in [0.1, 0.15) is 5.75 Å². The number of methoxy groups -OCH3 is 1. The van der Waals surface area contributed by atoms with Crippen molar-refractivity contribution in [2.75, 3.05) is 7.11 Å². The van der Waals surface area contributed by atoms with E-state index in [1.54, 1.807) is 19.2 Å². The Morgan fingerprint density at radius 3 is 2.70 bits per heavy atom. The van der Waals surface area contributed by atoms with Crippen molar-refractivity contribution in [2.45, 2.75) is 18.8 Å². The minimum atomic E-state index is -0.871. The Balaban J connectivity index is 1.88. The van der Waals surface area contributed by atoms with Crippen LogP contribution < -0.4 is 4.74 Å². The molecule has 1 unspecified atom stereocenters. The van der Waals surface area contributed by atoms with Crippen LogP contribution in [0.15, 0.2) is 42.5 Å². The van der Waals surface area contributed by atoms with Crippen LogP contribution in [0.5, 0.6) is 5.75 Å². The van der Waals surface area contributed by atoms with Gasteiger partial charge in [-0.25, -0.2) is 4.79 Å². The maximum Gasteiger partial charge on any atom is 0.335 e. The Bertz CT molecular complexity index is 661. The molecule has 0 radical (unpaired) electrons. The number of benzene rings is 2. The minimum absolute atomic E-state index is 0.357. The third-order valence-corrected chi connectivity index (χ3v) is 3.95. The molecule has 3 rings (SSSR count). The zero-order valence-electron chi connectivity index (χ0n) is 11.3. The highest BCUT2D eigenvalue weighted by molar-refractivity contribution is 5.87. The molecule has 3 nitrogen and oxygen atoms in total. The van der Waals surface area contributed by atoms with Crippen molar-refractivity contribution in [1.82, 2.24) is 0 Å². The second-order valence-electron chi connectivity index (χ2n) is 5.17. The number of hydrogen-bond donors (Lipinski definition) is 1. The third kappa shape index (κ3) is 2.27. The second kappa shape index (κ2) is 5.00. The Morgan fingerprint density at radius 1 is 1.15 bits per heavy atom. The van der Waals surface area contributed by atoms with Gasteiger partial charge >= 0.3 is 5.97 Å². The molecule has 1 atom stereocenters. The van der Waals surface area contributed by atoms with Crippen molar-refractivity contribution in [3.63, 3.8) is 0 Å². The maximum absolute atomic E-state index is 11.1. The molecule has 20 heavy (non-hydrogen) atoms. The van der Waals surface area contributed by atoms with E-state index in [-0.39, 0.29) is 0 Å². The van der Waals surface area contributed by atoms with Gasteiger partial charge in [0.2, 0.25) is 0 Å². The van der Waals surface area contributed by atoms with E-state index < -0.39 is 5.97 Å². The van der Waals surface area contributed by atoms with E-state index in [2.05, 4.69) is 12.1 Å². The highest BCUT2D eigenvalue weighted by Gasteiger charge is 2.23. The number of aromatic carboxylic acids is 1. The zero-order chi connectivity index (χ0) is 14.1. The van der Waals surface area contributed by atoms with Gasteiger partial charge in [0.25, 0.3) is 0 Å². The van der Waals surface area contributed by atoms with Gasteiger partial charge in [-0.3, -0.25) is 0 Å². The fourth-order valence-electron chi connectivity index (χ4n) is 2.88. The molecule has 1 aliphatic rings. The number of rotatable bonds is 3. The molecule has 2 aromatic carbocycles. The maximum atomic E-state index is 11.1. The average Bonchev–Trinajstić information content (AvgIpc) is 2.90. The number of ether oxygens (including phenoxy) is 1. The number of hydrogen-bond acceptors (Lipinski definition) is 2. The van der Waals surface area contributed by atoms with E-state index >= 15 is 0 Å². The first kappa shape index (κ1) is 12.7. The quantitative estimate of drug-likeness (QED) is 0.929. The third-order valence-electron chi connectivity index (χ3n) is 3.95. The van der Waals surface area contributed by atoms with Crippen LogP contribution in [-0.4, -0.2) is 18.2 Å². The van der Waals surface area contributed by atoms with Gasteiger partial charge in [-0.05, 0) is 59.7 Å². The van der Waals surface area contributed by atoms with E-state index in [1.807, 2.05) is 18.2 Å². The molecular formula is C17H16O3. The molecule has 0 spiro atoms. The van der Waals surface area contributed by atoms with Crippen molar-refractivity contribution in [3.05, 3.63) is 64.7 Å². The van der Waals surface area contributed by atoms with Gasteiger partial charge in [-0.1, -0.05) is 18.2 Å². The summed E-state index contributed by atoms with van der Waals surface area (Å²) >= 11 is 0. The lowest BCUT2D eigenvalue weighted by atomic mass is 9.95. The highest BCUT2D eigenvalue weighted by atomic mass is 16.5. The molecule has 0 amide bonds. The molecule has 0 bridgehead atoms. The topological polar surface area (TPSA) is 46.5 Å². The summed E-state index contributed by atoms with van der Waals surface area (Å²) in [6.07, 6.45) is 1.90. The average molecular weight is 268 g/mol. The van der Waals surface area contributed by atoms with E-state index in [9.17, 15) is 4.79 Å². The summed E-state index contributed by atoms with van der Waals surface area (Å²) in [5, 5.41) is 9.08. The molecule has 0 heterocycles. The van der Waals surface area contributed by atoms with Crippen LogP contribution in [-0.2, 0) is 12.8 Å². The fraction of sp³-hybridized carbons (Fsp3) is 0.235. The van der Waals surface area contributed by atoms with Gasteiger partial charge < -0.3 is 9.84 Å². The number of carboxylic acid groups (broad SMARTS) is 1. The van der Waals surface area contributed by atoms with Crippen LogP contribution in [0.4, 0.5) is 0 Å². The Kier molecular flexibility index (Phi) is 3.18. The molecule has 0 fully saturated rings. The van der Waals surface area contributed by atoms with Crippen molar-refractivity contribution in [3.8, 4) is 5.75 Å². The molecule has 0 saturated heterocycles. The Hall–Kier alpha value is -2.29. The summed E-state index contributed by atoms with van der Waals surface area (Å²) in [4.78, 5) is 11.1. The second-order valence-corrected chi connectivity index (χ2v) is 5.17. The minimum Gasteiger partial charge on any atom is -0.497 e. The largest absolute Gasteiger partial charge is 0.497 e. The van der Waals surface area contributed by atoms with Crippen LogP contribution in [0.1, 0.15) is 33.0 Å². The summed E-state index contributed by atoms with van der Waals surface area (Å²) in [6.45, 7) is 0. The first-order valence-corrected chi connectivity index (χ1v) is 6.66. The van der Waals surface area contributed by atoms with Crippen molar-refractivity contribution in [1.29, 1.82) is 0 Å². The highest BCUT2D eigenvalue weighted by Crippen LogP contribution is 2.35. The summed E-state index contributed by atoms with van der Waals surface area (Å²) in [5.74, 6) is 0.365. The standard InChI is InChI=1S/C17H16O3/c1-20-16-6-5-12-8-14(9-15(12)10-16)11-3-2-4-13(7-11)17(18)19/h2-7,10,14H,8-9H2,1H3,(H,18,19). The van der Waals surface area contributed by atoms with E-state index in [4.69, 9.17) is 9.84 Å². The van der Waals surface area contributed by atoms with Crippen LogP contribution in [0.2, 0.25) is 0 Å². The van der Waals surface area contributed by atoms with Gasteiger partial charge in [0.05, 0.1) is 12.7 Å². The van der Waals surface area contributed by atoms with Crippen LogP contribution in [0.3, 0.4) is 0 Å². The van der Waals surface area contributed by atoms with E-state index in [1.165, 1.54) is 11.1 Å². The molecule has 2 aromatic rings. The summed E-state index contributed by atoms with van der Waals surface area (Å²) in [6, 6.07) is 13.4. The van der Waals surface area contributed by atoms with Gasteiger partial charge in [-0.15, -0.1) is 0 Å². The molecule has 0 aliphatic heterocycles. The van der Waals surface area contributed by atoms with Crippen LogP contribution in [0.25, 0.3) is 0 Å². The Morgan fingerprint density at radius 2 is 1.95 bits per heavy atom. The van der Waals surface area contributed by atoms with Gasteiger partial charge in [0, 0.05) is 0 Å². The monoisotopic (exact) mass is 268 g/mol. The van der Waals surface area contributed by atoms with Crippen molar-refractivity contribution in [2.24, 2.45) is 0 Å². The van der Waals surface area contributed by atoms with Crippen LogP contribution >= 0.6 is 0 Å². The van der Waals surface area contributed by atoms with E-state index in [0.717, 1.165) is 24.2 Å². The molecule has 0 saturated carbocycles. The summed E-state index contributed by atoms with van der Waals surface area (Å²) in [5.41, 5.74) is 4.09. The molecule has 1 N–H and O–H groups in total. The van der Waals surface area contributed by atoms with Crippen molar-refractivity contribution < 1.29 is 14.6 Å². The lowest BCUT2D eigenvalue weighted by molar-refractivity contribution is 0.0696. The summed E-state index contributed by atoms with van der Waals surface area (Å²) in [7, 11) is 1.67. The fourth-order valence-corrected chi connectivity index (χ4v) is 2.88. The lowest BCUT2D eigenvalue weighted by Gasteiger charge is -2.10. The first-order valence-electron chi connectivity index (χ1n) is 6.66. The van der Waals surface area contributed by atoms with Gasteiger partial charge in [0.15, 0.2) is 0 Å². The number of fused-ring (bicyclic) bond motifs is 1. The number of carboxylic acids is 1. The Labute approximate surface area is 117 Å². The van der Waals surface area contributed by atoms with Crippen molar-refractivity contribution >= 4 is 5.97 Å². The van der Waals surface area contributed by atoms with Crippen LogP contribution in [0, 0.1) is 0 Å². The van der Waals surface area contributed by atoms with Gasteiger partial charge in [-0.2, -0.15) is 0 Å². The first-order chi connectivity index (χ1) is 9.67. The molecule has 1 aliphatic carbocycles. The smallest absolute Gasteiger partial charge is 0.335 e. The predicted molar refractivity (Wildman–Crippen MR) is 76.5 cm³/mol. The predicted octanol–water partition coefficient (Wildman–Crippen LogP) is 3.28. The molecular weight excluding hydrogens is 252 g/mol. The summed E-state index contributed by atoms with van der Waals surface area (Å²) < 4.78 is 5.25. The normalized spacial score (nSPS) is 16.8. The molecule has 0 aromatic heterocycles. The lowest BCUT2D eigenvalue weighted by Crippen LogP contribution is -2.02. The zero-order valence-corrected chi connectivity index (χ0v) is 11.3. The SMILES string of the molecule is COc1ccc2c(c1)CC(c1cccc(C(=O)O)c1)C2.